The smallest absolute Gasteiger partial charge is 0.0747 e. The molecule has 2 N–H and O–H groups in total. The lowest BCUT2D eigenvalue weighted by Gasteiger charge is -2.30. The van der Waals surface area contributed by atoms with Gasteiger partial charge in [-0.25, -0.2) is 0 Å². The molecule has 0 amide bonds. The van der Waals surface area contributed by atoms with E-state index < -0.39 is 0 Å². The number of rotatable bonds is 6. The Kier molecular flexibility index (Phi) is 5.20. The molecule has 1 heterocycles. The average molecular weight is 251 g/mol. The van der Waals surface area contributed by atoms with Gasteiger partial charge in [0, 0.05) is 18.3 Å². The monoisotopic (exact) mass is 251 g/mol. The molecule has 0 aromatic carbocycles. The molecule has 0 radical (unpaired) electrons. The molecule has 1 aliphatic rings. The standard InChI is InChI=1S/C14H25N3O/c1-2-17-9-12(8-16-17)10-18-11-14-6-4-3-5-13(14)7-15/h8-9,13-14H,2-7,10-11,15H2,1H3. The van der Waals surface area contributed by atoms with Gasteiger partial charge in [0.15, 0.2) is 0 Å². The minimum absolute atomic E-state index is 0.657. The fourth-order valence-corrected chi connectivity index (χ4v) is 2.80. The fourth-order valence-electron chi connectivity index (χ4n) is 2.80. The van der Waals surface area contributed by atoms with Gasteiger partial charge in [-0.05, 0) is 38.1 Å². The Morgan fingerprint density at radius 1 is 1.39 bits per heavy atom. The fraction of sp³-hybridized carbons (Fsp3) is 0.786. The van der Waals surface area contributed by atoms with E-state index in [2.05, 4.69) is 18.2 Å². The zero-order valence-electron chi connectivity index (χ0n) is 11.3. The lowest BCUT2D eigenvalue weighted by Crippen LogP contribution is -2.29. The second-order valence-electron chi connectivity index (χ2n) is 5.26. The lowest BCUT2D eigenvalue weighted by molar-refractivity contribution is 0.0512. The maximum atomic E-state index is 5.84. The summed E-state index contributed by atoms with van der Waals surface area (Å²) in [6.07, 6.45) is 9.17. The van der Waals surface area contributed by atoms with Gasteiger partial charge in [-0.3, -0.25) is 4.68 Å². The van der Waals surface area contributed by atoms with Crippen molar-refractivity contribution in [3.8, 4) is 0 Å². The van der Waals surface area contributed by atoms with Gasteiger partial charge in [0.05, 0.1) is 19.4 Å². The van der Waals surface area contributed by atoms with Gasteiger partial charge in [0.25, 0.3) is 0 Å². The molecule has 0 spiro atoms. The molecule has 2 atom stereocenters. The van der Waals surface area contributed by atoms with Crippen molar-refractivity contribution >= 4 is 0 Å². The summed E-state index contributed by atoms with van der Waals surface area (Å²) >= 11 is 0. The van der Waals surface area contributed by atoms with Crippen LogP contribution in [0.3, 0.4) is 0 Å². The number of hydrogen-bond donors (Lipinski definition) is 1. The van der Waals surface area contributed by atoms with E-state index in [0.717, 1.165) is 25.3 Å². The number of aryl methyl sites for hydroxylation is 1. The largest absolute Gasteiger partial charge is 0.376 e. The van der Waals surface area contributed by atoms with E-state index in [9.17, 15) is 0 Å². The van der Waals surface area contributed by atoms with E-state index in [1.54, 1.807) is 0 Å². The SMILES string of the molecule is CCn1cc(COCC2CCCCC2CN)cn1. The molecule has 1 aromatic rings. The van der Waals surface area contributed by atoms with Gasteiger partial charge >= 0.3 is 0 Å². The average Bonchev–Trinajstić information content (AvgIpc) is 2.87. The molecule has 102 valence electrons. The number of nitrogens with zero attached hydrogens (tertiary/aromatic N) is 2. The first-order chi connectivity index (χ1) is 8.83. The first kappa shape index (κ1) is 13.6. The number of aromatic nitrogens is 2. The topological polar surface area (TPSA) is 53.1 Å². The molecule has 0 saturated heterocycles. The highest BCUT2D eigenvalue weighted by molar-refractivity contribution is 5.01. The Balaban J connectivity index is 1.73. The first-order valence-corrected chi connectivity index (χ1v) is 7.12. The van der Waals surface area contributed by atoms with Crippen LogP contribution in [0.5, 0.6) is 0 Å². The maximum Gasteiger partial charge on any atom is 0.0747 e. The molecule has 0 aliphatic heterocycles. The van der Waals surface area contributed by atoms with Gasteiger partial charge in [-0.1, -0.05) is 12.8 Å². The number of nitrogens with two attached hydrogens (primary N) is 1. The third kappa shape index (κ3) is 3.56. The zero-order valence-corrected chi connectivity index (χ0v) is 11.3. The number of hydrogen-bond acceptors (Lipinski definition) is 3. The summed E-state index contributed by atoms with van der Waals surface area (Å²) < 4.78 is 7.77. The van der Waals surface area contributed by atoms with Crippen molar-refractivity contribution < 1.29 is 4.74 Å². The van der Waals surface area contributed by atoms with Gasteiger partial charge in [-0.15, -0.1) is 0 Å². The summed E-state index contributed by atoms with van der Waals surface area (Å²) in [6.45, 7) is 5.33. The van der Waals surface area contributed by atoms with Crippen LogP contribution in [-0.4, -0.2) is 22.9 Å². The van der Waals surface area contributed by atoms with Crippen LogP contribution >= 0.6 is 0 Å². The van der Waals surface area contributed by atoms with Crippen LogP contribution in [0, 0.1) is 11.8 Å². The van der Waals surface area contributed by atoms with E-state index in [0.29, 0.717) is 18.4 Å². The highest BCUT2D eigenvalue weighted by atomic mass is 16.5. The highest BCUT2D eigenvalue weighted by Crippen LogP contribution is 2.29. The van der Waals surface area contributed by atoms with E-state index in [1.165, 1.54) is 25.7 Å². The second kappa shape index (κ2) is 6.90. The lowest BCUT2D eigenvalue weighted by atomic mass is 9.80. The van der Waals surface area contributed by atoms with Gasteiger partial charge in [-0.2, -0.15) is 5.10 Å². The van der Waals surface area contributed by atoms with Crippen molar-refractivity contribution in [1.29, 1.82) is 0 Å². The molecule has 18 heavy (non-hydrogen) atoms. The Labute approximate surface area is 110 Å². The van der Waals surface area contributed by atoms with Crippen LogP contribution in [0.2, 0.25) is 0 Å². The molecule has 1 fully saturated rings. The molecule has 2 unspecified atom stereocenters. The molecule has 1 saturated carbocycles. The van der Waals surface area contributed by atoms with Crippen molar-refractivity contribution in [2.75, 3.05) is 13.2 Å². The maximum absolute atomic E-state index is 5.84. The van der Waals surface area contributed by atoms with Crippen molar-refractivity contribution in [1.82, 2.24) is 9.78 Å². The Bertz CT molecular complexity index is 351. The van der Waals surface area contributed by atoms with E-state index in [4.69, 9.17) is 10.5 Å². The van der Waals surface area contributed by atoms with Crippen molar-refractivity contribution in [2.45, 2.75) is 45.8 Å². The molecule has 1 aliphatic carbocycles. The van der Waals surface area contributed by atoms with E-state index in [-0.39, 0.29) is 0 Å². The molecular formula is C14H25N3O. The Morgan fingerprint density at radius 3 is 2.83 bits per heavy atom. The number of ether oxygens (including phenoxy) is 1. The minimum atomic E-state index is 0.657. The molecule has 1 aromatic heterocycles. The van der Waals surface area contributed by atoms with Crippen LogP contribution in [0.4, 0.5) is 0 Å². The first-order valence-electron chi connectivity index (χ1n) is 7.12. The predicted octanol–water partition coefficient (Wildman–Crippen LogP) is 2.18. The summed E-state index contributed by atoms with van der Waals surface area (Å²) in [4.78, 5) is 0. The summed E-state index contributed by atoms with van der Waals surface area (Å²) in [6, 6.07) is 0. The summed E-state index contributed by atoms with van der Waals surface area (Å²) in [5.41, 5.74) is 6.99. The van der Waals surface area contributed by atoms with Crippen molar-refractivity contribution in [3.63, 3.8) is 0 Å². The zero-order chi connectivity index (χ0) is 12.8. The predicted molar refractivity (Wildman–Crippen MR) is 72.1 cm³/mol. The molecule has 0 bridgehead atoms. The molecule has 4 heteroatoms. The summed E-state index contributed by atoms with van der Waals surface area (Å²) in [7, 11) is 0. The Hall–Kier alpha value is -0.870. The summed E-state index contributed by atoms with van der Waals surface area (Å²) in [5.74, 6) is 1.32. The molecule has 4 nitrogen and oxygen atoms in total. The second-order valence-corrected chi connectivity index (χ2v) is 5.26. The normalized spacial score (nSPS) is 24.3. The van der Waals surface area contributed by atoms with Gasteiger partial charge in [0.1, 0.15) is 0 Å². The summed E-state index contributed by atoms with van der Waals surface area (Å²) in [5, 5.41) is 4.25. The van der Waals surface area contributed by atoms with Crippen LogP contribution in [0.25, 0.3) is 0 Å². The Morgan fingerprint density at radius 2 is 2.17 bits per heavy atom. The van der Waals surface area contributed by atoms with Crippen molar-refractivity contribution in [2.24, 2.45) is 17.6 Å². The van der Waals surface area contributed by atoms with Gasteiger partial charge < -0.3 is 10.5 Å². The van der Waals surface area contributed by atoms with Crippen LogP contribution < -0.4 is 5.73 Å². The van der Waals surface area contributed by atoms with E-state index >= 15 is 0 Å². The quantitative estimate of drug-likeness (QED) is 0.843. The van der Waals surface area contributed by atoms with Gasteiger partial charge in [0.2, 0.25) is 0 Å². The third-order valence-electron chi connectivity index (χ3n) is 3.98. The third-order valence-corrected chi connectivity index (χ3v) is 3.98. The minimum Gasteiger partial charge on any atom is -0.376 e. The van der Waals surface area contributed by atoms with E-state index in [1.807, 2.05) is 10.9 Å². The van der Waals surface area contributed by atoms with Crippen LogP contribution in [0.15, 0.2) is 12.4 Å². The highest BCUT2D eigenvalue weighted by Gasteiger charge is 2.23. The van der Waals surface area contributed by atoms with Crippen LogP contribution in [0.1, 0.15) is 38.2 Å². The van der Waals surface area contributed by atoms with Crippen molar-refractivity contribution in [3.05, 3.63) is 18.0 Å². The molecular weight excluding hydrogens is 226 g/mol. The molecule has 2 rings (SSSR count). The van der Waals surface area contributed by atoms with Crippen LogP contribution in [-0.2, 0) is 17.9 Å².